The van der Waals surface area contributed by atoms with Crippen LogP contribution in [-0.4, -0.2) is 18.5 Å². The molecule has 0 aliphatic rings. The summed E-state index contributed by atoms with van der Waals surface area (Å²) in [6, 6.07) is 5.02. The Labute approximate surface area is 150 Å². The third-order valence-corrected chi connectivity index (χ3v) is 3.53. The van der Waals surface area contributed by atoms with Crippen molar-refractivity contribution >= 4 is 11.9 Å². The van der Waals surface area contributed by atoms with Gasteiger partial charge >= 0.3 is 11.9 Å². The number of para-hydroxylation sites is 1. The zero-order valence-corrected chi connectivity index (χ0v) is 16.0. The third-order valence-electron chi connectivity index (χ3n) is 3.53. The van der Waals surface area contributed by atoms with E-state index < -0.39 is 0 Å². The highest BCUT2D eigenvalue weighted by molar-refractivity contribution is 5.77. The number of ether oxygens (including phenoxy) is 3. The Hall–Kier alpha value is -2.04. The molecule has 1 aromatic rings. The predicted octanol–water partition coefficient (Wildman–Crippen LogP) is 4.77. The van der Waals surface area contributed by atoms with Crippen molar-refractivity contribution in [1.82, 2.24) is 0 Å². The van der Waals surface area contributed by atoms with Gasteiger partial charge in [0.05, 0.1) is 6.61 Å². The van der Waals surface area contributed by atoms with Gasteiger partial charge in [-0.05, 0) is 43.7 Å². The van der Waals surface area contributed by atoms with Gasteiger partial charge in [0.15, 0.2) is 11.5 Å². The second-order valence-electron chi connectivity index (χ2n) is 6.83. The molecular formula is C20H30O5. The third kappa shape index (κ3) is 8.05. The lowest BCUT2D eigenvalue weighted by Gasteiger charge is -2.15. The lowest BCUT2D eigenvalue weighted by molar-refractivity contribution is -0.137. The highest BCUT2D eigenvalue weighted by Gasteiger charge is 2.19. The molecule has 0 heterocycles. The summed E-state index contributed by atoms with van der Waals surface area (Å²) in [5, 5.41) is 0. The molecule has 0 atom stereocenters. The first kappa shape index (κ1) is 21.0. The zero-order chi connectivity index (χ0) is 18.8. The molecule has 0 fully saturated rings. The Balaban J connectivity index is 2.90. The number of rotatable bonds is 10. The summed E-state index contributed by atoms with van der Waals surface area (Å²) in [6.07, 6.45) is 2.10. The van der Waals surface area contributed by atoms with Crippen LogP contribution < -0.4 is 14.2 Å². The van der Waals surface area contributed by atoms with Gasteiger partial charge in [0.1, 0.15) is 0 Å². The molecular weight excluding hydrogens is 320 g/mol. The van der Waals surface area contributed by atoms with Crippen molar-refractivity contribution < 1.29 is 23.8 Å². The number of esters is 2. The maximum Gasteiger partial charge on any atom is 0.311 e. The standard InChI is InChI=1S/C20H30O5/c1-6-23-16-8-7-9-17(24-18(21)12-10-14(2)3)20(16)25-19(22)13-11-15(4)5/h7-9,14-15H,6,10-13H2,1-5H3. The van der Waals surface area contributed by atoms with Crippen LogP contribution in [0.4, 0.5) is 0 Å². The first-order chi connectivity index (χ1) is 11.8. The molecule has 0 radical (unpaired) electrons. The van der Waals surface area contributed by atoms with Crippen molar-refractivity contribution in [2.45, 2.75) is 60.3 Å². The van der Waals surface area contributed by atoms with Gasteiger partial charge in [0.25, 0.3) is 0 Å². The molecule has 140 valence electrons. The van der Waals surface area contributed by atoms with E-state index in [2.05, 4.69) is 0 Å². The van der Waals surface area contributed by atoms with E-state index in [0.29, 0.717) is 37.0 Å². The van der Waals surface area contributed by atoms with Crippen LogP contribution >= 0.6 is 0 Å². The molecule has 25 heavy (non-hydrogen) atoms. The van der Waals surface area contributed by atoms with Crippen LogP contribution in [0.5, 0.6) is 17.2 Å². The summed E-state index contributed by atoms with van der Waals surface area (Å²) in [5.74, 6) is 0.906. The summed E-state index contributed by atoms with van der Waals surface area (Å²) in [7, 11) is 0. The van der Waals surface area contributed by atoms with Crippen LogP contribution in [0, 0.1) is 11.8 Å². The second kappa shape index (κ2) is 10.7. The lowest BCUT2D eigenvalue weighted by Crippen LogP contribution is -2.14. The molecule has 5 nitrogen and oxygen atoms in total. The first-order valence-electron chi connectivity index (χ1n) is 9.00. The van der Waals surface area contributed by atoms with Crippen molar-refractivity contribution in [2.75, 3.05) is 6.61 Å². The number of benzene rings is 1. The van der Waals surface area contributed by atoms with E-state index in [1.165, 1.54) is 0 Å². The van der Waals surface area contributed by atoms with Crippen molar-refractivity contribution in [3.8, 4) is 17.2 Å². The summed E-state index contributed by atoms with van der Waals surface area (Å²) >= 11 is 0. The fraction of sp³-hybridized carbons (Fsp3) is 0.600. The molecule has 1 aromatic carbocycles. The number of carbonyl (C=O) groups is 2. The van der Waals surface area contributed by atoms with E-state index in [0.717, 1.165) is 12.8 Å². The molecule has 0 aliphatic carbocycles. The largest absolute Gasteiger partial charge is 0.490 e. The highest BCUT2D eigenvalue weighted by Crippen LogP contribution is 2.38. The molecule has 0 amide bonds. The van der Waals surface area contributed by atoms with Crippen LogP contribution in [0.25, 0.3) is 0 Å². The minimum absolute atomic E-state index is 0.177. The van der Waals surface area contributed by atoms with Gasteiger partial charge in [-0.1, -0.05) is 33.8 Å². The molecule has 0 aliphatic heterocycles. The van der Waals surface area contributed by atoms with E-state index >= 15 is 0 Å². The summed E-state index contributed by atoms with van der Waals surface area (Å²) in [5.41, 5.74) is 0. The average Bonchev–Trinajstić information content (AvgIpc) is 2.54. The van der Waals surface area contributed by atoms with Crippen molar-refractivity contribution in [1.29, 1.82) is 0 Å². The molecule has 0 bridgehead atoms. The molecule has 0 aromatic heterocycles. The quantitative estimate of drug-likeness (QED) is 0.449. The number of carbonyl (C=O) groups excluding carboxylic acids is 2. The van der Waals surface area contributed by atoms with Gasteiger partial charge in [0, 0.05) is 12.8 Å². The first-order valence-corrected chi connectivity index (χ1v) is 9.00. The Bertz CT molecular complexity index is 563. The molecule has 1 rings (SSSR count). The summed E-state index contributed by atoms with van der Waals surface area (Å²) in [6.45, 7) is 10.4. The maximum absolute atomic E-state index is 12.1. The minimum atomic E-state index is -0.361. The van der Waals surface area contributed by atoms with Crippen LogP contribution in [0.3, 0.4) is 0 Å². The van der Waals surface area contributed by atoms with E-state index in [1.807, 2.05) is 34.6 Å². The Morgan fingerprint density at radius 3 is 1.92 bits per heavy atom. The van der Waals surface area contributed by atoms with Crippen LogP contribution in [-0.2, 0) is 9.59 Å². The lowest BCUT2D eigenvalue weighted by atomic mass is 10.1. The van der Waals surface area contributed by atoms with Crippen LogP contribution in [0.1, 0.15) is 60.3 Å². The monoisotopic (exact) mass is 350 g/mol. The van der Waals surface area contributed by atoms with E-state index in [9.17, 15) is 9.59 Å². The summed E-state index contributed by atoms with van der Waals surface area (Å²) < 4.78 is 16.4. The van der Waals surface area contributed by atoms with Gasteiger partial charge in [-0.3, -0.25) is 9.59 Å². The van der Waals surface area contributed by atoms with Crippen LogP contribution in [0.2, 0.25) is 0 Å². The average molecular weight is 350 g/mol. The zero-order valence-electron chi connectivity index (χ0n) is 16.0. The van der Waals surface area contributed by atoms with Gasteiger partial charge in [-0.25, -0.2) is 0 Å². The van der Waals surface area contributed by atoms with Gasteiger partial charge in [-0.15, -0.1) is 0 Å². The SMILES string of the molecule is CCOc1cccc(OC(=O)CCC(C)C)c1OC(=O)CCC(C)C. The number of hydrogen-bond donors (Lipinski definition) is 0. The van der Waals surface area contributed by atoms with Gasteiger partial charge in [0.2, 0.25) is 5.75 Å². The normalized spacial score (nSPS) is 10.8. The topological polar surface area (TPSA) is 61.8 Å². The van der Waals surface area contributed by atoms with Crippen LogP contribution in [0.15, 0.2) is 18.2 Å². The van der Waals surface area contributed by atoms with Crippen molar-refractivity contribution in [2.24, 2.45) is 11.8 Å². The molecule has 0 spiro atoms. The predicted molar refractivity (Wildman–Crippen MR) is 97.0 cm³/mol. The van der Waals surface area contributed by atoms with E-state index in [1.54, 1.807) is 18.2 Å². The Morgan fingerprint density at radius 2 is 1.40 bits per heavy atom. The second-order valence-corrected chi connectivity index (χ2v) is 6.83. The highest BCUT2D eigenvalue weighted by atomic mass is 16.6. The van der Waals surface area contributed by atoms with Gasteiger partial charge < -0.3 is 14.2 Å². The molecule has 0 saturated heterocycles. The minimum Gasteiger partial charge on any atom is -0.490 e. The molecule has 0 N–H and O–H groups in total. The van der Waals surface area contributed by atoms with E-state index in [-0.39, 0.29) is 23.4 Å². The Morgan fingerprint density at radius 1 is 0.880 bits per heavy atom. The van der Waals surface area contributed by atoms with E-state index in [4.69, 9.17) is 14.2 Å². The molecule has 0 unspecified atom stereocenters. The van der Waals surface area contributed by atoms with Crippen molar-refractivity contribution in [3.05, 3.63) is 18.2 Å². The molecule has 5 heteroatoms. The van der Waals surface area contributed by atoms with Crippen molar-refractivity contribution in [3.63, 3.8) is 0 Å². The van der Waals surface area contributed by atoms with Gasteiger partial charge in [-0.2, -0.15) is 0 Å². The fourth-order valence-corrected chi connectivity index (χ4v) is 2.10. The maximum atomic E-state index is 12.1. The Kier molecular flexibility index (Phi) is 9.03. The molecule has 0 saturated carbocycles. The summed E-state index contributed by atoms with van der Waals surface area (Å²) in [4.78, 5) is 24.1. The fourth-order valence-electron chi connectivity index (χ4n) is 2.10. The number of hydrogen-bond acceptors (Lipinski definition) is 5. The smallest absolute Gasteiger partial charge is 0.311 e.